The lowest BCUT2D eigenvalue weighted by atomic mass is 9.98. The summed E-state index contributed by atoms with van der Waals surface area (Å²) in [6.07, 6.45) is 2.04. The molecular formula is C43H32N4. The Bertz CT molecular complexity index is 2280. The Morgan fingerprint density at radius 3 is 1.83 bits per heavy atom. The molecule has 1 aromatic heterocycles. The van der Waals surface area contributed by atoms with Crippen molar-refractivity contribution in [3.63, 3.8) is 0 Å². The topological polar surface area (TPSA) is 32.9 Å². The van der Waals surface area contributed by atoms with Crippen molar-refractivity contribution in [1.82, 2.24) is 4.57 Å². The number of rotatable bonds is 7. The fourth-order valence-electron chi connectivity index (χ4n) is 6.67. The Hall–Kier alpha value is -6.26. The molecule has 2 heterocycles. The summed E-state index contributed by atoms with van der Waals surface area (Å²) in [5.41, 5.74) is 12.9. The van der Waals surface area contributed by atoms with Gasteiger partial charge in [-0.15, -0.1) is 0 Å². The number of aliphatic imine (C=N–C) groups is 2. The van der Waals surface area contributed by atoms with E-state index in [4.69, 9.17) is 4.99 Å². The van der Waals surface area contributed by atoms with Gasteiger partial charge >= 0.3 is 0 Å². The van der Waals surface area contributed by atoms with Gasteiger partial charge in [0.05, 0.1) is 34.0 Å². The summed E-state index contributed by atoms with van der Waals surface area (Å²) in [7, 11) is 0. The molecule has 0 radical (unpaired) electrons. The van der Waals surface area contributed by atoms with Gasteiger partial charge in [-0.1, -0.05) is 133 Å². The highest BCUT2D eigenvalue weighted by Crippen LogP contribution is 2.53. The molecule has 0 fully saturated rings. The van der Waals surface area contributed by atoms with E-state index in [-0.39, 0.29) is 0 Å². The predicted molar refractivity (Wildman–Crippen MR) is 198 cm³/mol. The minimum atomic E-state index is 0.414. The smallest absolute Gasteiger partial charge is 0.115 e. The van der Waals surface area contributed by atoms with E-state index in [1.54, 1.807) is 0 Å². The van der Waals surface area contributed by atoms with E-state index in [0.717, 1.165) is 56.4 Å². The monoisotopic (exact) mass is 604 g/mol. The molecule has 1 aliphatic rings. The van der Waals surface area contributed by atoms with Crippen LogP contribution in [0.2, 0.25) is 0 Å². The quantitative estimate of drug-likeness (QED) is 0.167. The molecule has 7 aromatic rings. The summed E-state index contributed by atoms with van der Waals surface area (Å²) in [4.78, 5) is 12.1. The zero-order chi connectivity index (χ0) is 31.6. The fourth-order valence-corrected chi connectivity index (χ4v) is 6.67. The molecule has 6 aromatic carbocycles. The number of aromatic nitrogens is 1. The molecule has 0 amide bonds. The van der Waals surface area contributed by atoms with E-state index in [9.17, 15) is 0 Å². The fraction of sp³-hybridized carbons (Fsp3) is 0.0233. The normalized spacial score (nSPS) is 12.6. The number of anilines is 3. The van der Waals surface area contributed by atoms with Crippen LogP contribution in [0.3, 0.4) is 0 Å². The van der Waals surface area contributed by atoms with Crippen LogP contribution in [0.1, 0.15) is 11.1 Å². The number of para-hydroxylation sites is 4. The minimum absolute atomic E-state index is 0.414. The third-order valence-electron chi connectivity index (χ3n) is 8.77. The van der Waals surface area contributed by atoms with Gasteiger partial charge in [0.2, 0.25) is 0 Å². The van der Waals surface area contributed by atoms with Crippen LogP contribution in [0.4, 0.5) is 17.1 Å². The molecule has 0 N–H and O–H groups in total. The number of hydrogen-bond acceptors (Lipinski definition) is 3. The second-order valence-corrected chi connectivity index (χ2v) is 11.5. The van der Waals surface area contributed by atoms with E-state index >= 15 is 0 Å². The number of hydrogen-bond donors (Lipinski definition) is 0. The lowest BCUT2D eigenvalue weighted by Gasteiger charge is -2.27. The van der Waals surface area contributed by atoms with Crippen molar-refractivity contribution in [3.8, 4) is 22.4 Å². The summed E-state index contributed by atoms with van der Waals surface area (Å²) in [5.74, 6) is 0. The molecule has 0 spiro atoms. The summed E-state index contributed by atoms with van der Waals surface area (Å²) < 4.78 is 2.37. The van der Waals surface area contributed by atoms with Crippen molar-refractivity contribution in [2.24, 2.45) is 9.98 Å². The van der Waals surface area contributed by atoms with E-state index in [2.05, 4.69) is 149 Å². The van der Waals surface area contributed by atoms with Gasteiger partial charge < -0.3 is 9.47 Å². The van der Waals surface area contributed by atoms with Crippen LogP contribution >= 0.6 is 0 Å². The Kier molecular flexibility index (Phi) is 7.37. The van der Waals surface area contributed by atoms with Crippen LogP contribution in [0.15, 0.2) is 180 Å². The zero-order valence-electron chi connectivity index (χ0n) is 25.9. The SMILES string of the molecule is C=N/C(=C\C(=N/Cn1c2c(c3ccccc31)-c1ccccc1N(c1ccccc1)c1ccccc1-2)c1ccccc1)c1ccccc1. The maximum Gasteiger partial charge on any atom is 0.115 e. The zero-order valence-corrected chi connectivity index (χ0v) is 25.9. The summed E-state index contributed by atoms with van der Waals surface area (Å²) in [6.45, 7) is 4.31. The van der Waals surface area contributed by atoms with E-state index in [1.807, 2.05) is 42.5 Å². The number of benzene rings is 6. The van der Waals surface area contributed by atoms with Crippen LogP contribution in [0.25, 0.3) is 39.0 Å². The average Bonchev–Trinajstić information content (AvgIpc) is 3.40. The highest BCUT2D eigenvalue weighted by atomic mass is 15.2. The van der Waals surface area contributed by atoms with Crippen molar-refractivity contribution < 1.29 is 0 Å². The molecule has 0 saturated carbocycles. The lowest BCUT2D eigenvalue weighted by Crippen LogP contribution is -2.11. The lowest BCUT2D eigenvalue weighted by molar-refractivity contribution is 0.775. The number of allylic oxidation sites excluding steroid dienone is 1. The van der Waals surface area contributed by atoms with Gasteiger partial charge in [0, 0.05) is 33.3 Å². The minimum Gasteiger partial charge on any atom is -0.320 e. The van der Waals surface area contributed by atoms with Crippen LogP contribution in [-0.2, 0) is 6.67 Å². The van der Waals surface area contributed by atoms with Gasteiger partial charge in [0.1, 0.15) is 6.67 Å². The average molecular weight is 605 g/mol. The van der Waals surface area contributed by atoms with Crippen molar-refractivity contribution in [3.05, 3.63) is 181 Å². The maximum atomic E-state index is 5.35. The van der Waals surface area contributed by atoms with Gasteiger partial charge in [-0.2, -0.15) is 0 Å². The van der Waals surface area contributed by atoms with E-state index in [1.165, 1.54) is 16.5 Å². The molecule has 0 aliphatic carbocycles. The summed E-state index contributed by atoms with van der Waals surface area (Å²) >= 11 is 0. The Morgan fingerprint density at radius 1 is 0.574 bits per heavy atom. The van der Waals surface area contributed by atoms with Crippen molar-refractivity contribution in [2.75, 3.05) is 4.90 Å². The van der Waals surface area contributed by atoms with Crippen LogP contribution in [-0.4, -0.2) is 17.0 Å². The van der Waals surface area contributed by atoms with Gasteiger partial charge in [-0.05, 0) is 48.7 Å². The standard InChI is InChI=1S/C43H32N4/c1-44-37(31-17-5-2-6-18-31)29-38(32-19-7-3-8-20-32)45-30-46-39-26-14-11-23-34(39)42-35-24-12-15-27-40(35)47(33-21-9-4-10-22-33)41-28-16-13-25-36(41)43(42)46/h2-29H,1,30H2/b37-29-,45-38+. The first kappa shape index (κ1) is 28.2. The second kappa shape index (κ2) is 12.3. The Morgan fingerprint density at radius 2 is 1.13 bits per heavy atom. The highest BCUT2D eigenvalue weighted by Gasteiger charge is 2.30. The van der Waals surface area contributed by atoms with Gasteiger partial charge in [-0.3, -0.25) is 9.98 Å². The molecule has 1 aliphatic heterocycles. The van der Waals surface area contributed by atoms with Crippen molar-refractivity contribution in [2.45, 2.75) is 6.67 Å². The molecule has 4 nitrogen and oxygen atoms in total. The highest BCUT2D eigenvalue weighted by molar-refractivity contribution is 6.13. The van der Waals surface area contributed by atoms with Gasteiger partial charge in [0.15, 0.2) is 0 Å². The van der Waals surface area contributed by atoms with E-state index < -0.39 is 0 Å². The Balaban J connectivity index is 1.38. The first-order valence-electron chi connectivity index (χ1n) is 15.8. The summed E-state index contributed by atoms with van der Waals surface area (Å²) in [6, 6.07) is 57.2. The molecular weight excluding hydrogens is 573 g/mol. The molecule has 0 saturated heterocycles. The van der Waals surface area contributed by atoms with Crippen LogP contribution in [0, 0.1) is 0 Å². The van der Waals surface area contributed by atoms with Crippen LogP contribution in [0.5, 0.6) is 0 Å². The van der Waals surface area contributed by atoms with E-state index in [0.29, 0.717) is 6.67 Å². The molecule has 47 heavy (non-hydrogen) atoms. The van der Waals surface area contributed by atoms with Crippen molar-refractivity contribution >= 4 is 46.1 Å². The first-order chi connectivity index (χ1) is 23.3. The third kappa shape index (κ3) is 5.06. The van der Waals surface area contributed by atoms with Gasteiger partial charge in [0.25, 0.3) is 0 Å². The predicted octanol–water partition coefficient (Wildman–Crippen LogP) is 10.9. The third-order valence-corrected chi connectivity index (χ3v) is 8.77. The van der Waals surface area contributed by atoms with Crippen LogP contribution < -0.4 is 4.90 Å². The molecule has 0 atom stereocenters. The maximum absolute atomic E-state index is 5.35. The number of nitrogens with zero attached hydrogens (tertiary/aromatic N) is 4. The number of fused-ring (bicyclic) bond motifs is 7. The molecule has 8 rings (SSSR count). The summed E-state index contributed by atoms with van der Waals surface area (Å²) in [5, 5.41) is 1.20. The van der Waals surface area contributed by atoms with Crippen molar-refractivity contribution in [1.29, 1.82) is 0 Å². The molecule has 224 valence electrons. The molecule has 4 heteroatoms. The molecule has 0 unspecified atom stereocenters. The van der Waals surface area contributed by atoms with Gasteiger partial charge in [-0.25, -0.2) is 0 Å². The largest absolute Gasteiger partial charge is 0.320 e. The Labute approximate surface area is 274 Å². The second-order valence-electron chi connectivity index (χ2n) is 11.5. The first-order valence-corrected chi connectivity index (χ1v) is 15.8. The molecule has 0 bridgehead atoms.